The van der Waals surface area contributed by atoms with Gasteiger partial charge in [0.15, 0.2) is 6.61 Å². The zero-order valence-electron chi connectivity index (χ0n) is 16.0. The predicted molar refractivity (Wildman–Crippen MR) is 116 cm³/mol. The topological polar surface area (TPSA) is 84.5 Å². The minimum atomic E-state index is -0.518. The predicted octanol–water partition coefficient (Wildman–Crippen LogP) is 4.08. The van der Waals surface area contributed by atoms with E-state index in [1.54, 1.807) is 18.2 Å². The number of anilines is 1. The number of benzene rings is 1. The molecule has 2 N–H and O–H groups in total. The highest BCUT2D eigenvalue weighted by Crippen LogP contribution is 2.29. The van der Waals surface area contributed by atoms with Crippen LogP contribution in [0.5, 0.6) is 0 Å². The minimum Gasteiger partial charge on any atom is -0.451 e. The maximum atomic E-state index is 12.3. The Morgan fingerprint density at radius 2 is 1.79 bits per heavy atom. The third kappa shape index (κ3) is 6.40. The van der Waals surface area contributed by atoms with E-state index in [9.17, 15) is 14.4 Å². The second-order valence-corrected chi connectivity index (χ2v) is 8.85. The van der Waals surface area contributed by atoms with Crippen LogP contribution in [-0.2, 0) is 27.2 Å². The second-order valence-electron chi connectivity index (χ2n) is 6.85. The summed E-state index contributed by atoms with van der Waals surface area (Å²) in [5.74, 6) is -1.38. The number of carbonyl (C=O) groups excluding carboxylic acids is 3. The lowest BCUT2D eigenvalue weighted by atomic mass is 10.00. The van der Waals surface area contributed by atoms with Crippen LogP contribution < -0.4 is 10.6 Å². The third-order valence-corrected chi connectivity index (χ3v) is 6.53. The van der Waals surface area contributed by atoms with Crippen LogP contribution in [0.15, 0.2) is 34.8 Å². The molecule has 6 nitrogen and oxygen atoms in total. The molecule has 0 radical (unpaired) electrons. The lowest BCUT2D eigenvalue weighted by molar-refractivity contribution is -0.126. The van der Waals surface area contributed by atoms with Crippen molar-refractivity contribution in [2.45, 2.75) is 38.5 Å². The van der Waals surface area contributed by atoms with Crippen LogP contribution in [0.25, 0.3) is 0 Å². The van der Waals surface area contributed by atoms with Crippen molar-refractivity contribution < 1.29 is 19.1 Å². The van der Waals surface area contributed by atoms with Crippen LogP contribution in [0.3, 0.4) is 0 Å². The standard InChI is InChI=1S/C21H23BrN2O4S/c22-15-8-5-6-9-16(15)24-19(25)12-23-20(26)13-28-21(27)18-11-14-7-3-1-2-4-10-17(14)29-18/h5-6,8-9,11H,1-4,7,10,12-13H2,(H,23,26)(H,24,25). The molecule has 0 bridgehead atoms. The lowest BCUT2D eigenvalue weighted by Crippen LogP contribution is -2.35. The highest BCUT2D eigenvalue weighted by molar-refractivity contribution is 9.10. The summed E-state index contributed by atoms with van der Waals surface area (Å²) in [7, 11) is 0. The molecule has 0 atom stereocenters. The number of amides is 2. The quantitative estimate of drug-likeness (QED) is 0.612. The van der Waals surface area contributed by atoms with Crippen LogP contribution in [-0.4, -0.2) is 30.9 Å². The Bertz CT molecular complexity index is 871. The largest absolute Gasteiger partial charge is 0.451 e. The lowest BCUT2D eigenvalue weighted by Gasteiger charge is -2.08. The number of aryl methyl sites for hydroxylation is 2. The fourth-order valence-electron chi connectivity index (χ4n) is 3.13. The maximum Gasteiger partial charge on any atom is 0.348 e. The highest BCUT2D eigenvalue weighted by atomic mass is 79.9. The van der Waals surface area contributed by atoms with E-state index >= 15 is 0 Å². The molecule has 1 aromatic carbocycles. The Morgan fingerprint density at radius 1 is 1.03 bits per heavy atom. The van der Waals surface area contributed by atoms with Crippen LogP contribution >= 0.6 is 27.3 Å². The van der Waals surface area contributed by atoms with Crippen LogP contribution in [0.4, 0.5) is 5.69 Å². The third-order valence-electron chi connectivity index (χ3n) is 4.63. The van der Waals surface area contributed by atoms with E-state index in [2.05, 4.69) is 26.6 Å². The molecule has 2 aromatic rings. The van der Waals surface area contributed by atoms with Gasteiger partial charge in [-0.15, -0.1) is 11.3 Å². The Morgan fingerprint density at radius 3 is 2.59 bits per heavy atom. The van der Waals surface area contributed by atoms with Crippen molar-refractivity contribution in [1.82, 2.24) is 5.32 Å². The van der Waals surface area contributed by atoms with Gasteiger partial charge in [-0.2, -0.15) is 0 Å². The molecule has 1 aromatic heterocycles. The monoisotopic (exact) mass is 478 g/mol. The molecule has 0 spiro atoms. The second kappa shape index (κ2) is 10.5. The average Bonchev–Trinajstić information content (AvgIpc) is 3.08. The Balaban J connectivity index is 1.43. The van der Waals surface area contributed by atoms with Gasteiger partial charge in [-0.25, -0.2) is 4.79 Å². The number of hydrogen-bond acceptors (Lipinski definition) is 5. The van der Waals surface area contributed by atoms with E-state index in [1.807, 2.05) is 12.1 Å². The van der Waals surface area contributed by atoms with Gasteiger partial charge in [-0.1, -0.05) is 25.0 Å². The number of nitrogens with one attached hydrogen (secondary N) is 2. The molecule has 0 aliphatic heterocycles. The molecular formula is C21H23BrN2O4S. The van der Waals surface area contributed by atoms with Crippen molar-refractivity contribution in [2.24, 2.45) is 0 Å². The van der Waals surface area contributed by atoms with Gasteiger partial charge in [0.25, 0.3) is 5.91 Å². The number of carbonyl (C=O) groups is 3. The van der Waals surface area contributed by atoms with E-state index in [0.717, 1.165) is 30.2 Å². The summed E-state index contributed by atoms with van der Waals surface area (Å²) < 4.78 is 5.87. The number of thiophene rings is 1. The SMILES string of the molecule is O=C(COC(=O)c1cc2c(s1)CCCCCC2)NCC(=O)Nc1ccccc1Br. The maximum absolute atomic E-state index is 12.3. The fourth-order valence-corrected chi connectivity index (χ4v) is 4.67. The summed E-state index contributed by atoms with van der Waals surface area (Å²) in [6.45, 7) is -0.616. The Hall–Kier alpha value is -2.19. The number of rotatable bonds is 6. The zero-order chi connectivity index (χ0) is 20.6. The van der Waals surface area contributed by atoms with E-state index in [-0.39, 0.29) is 12.5 Å². The highest BCUT2D eigenvalue weighted by Gasteiger charge is 2.18. The molecule has 3 rings (SSSR count). The van der Waals surface area contributed by atoms with Crippen molar-refractivity contribution in [3.8, 4) is 0 Å². The molecule has 1 aliphatic rings. The molecule has 8 heteroatoms. The summed E-state index contributed by atoms with van der Waals surface area (Å²) in [6, 6.07) is 9.08. The molecule has 0 unspecified atom stereocenters. The van der Waals surface area contributed by atoms with Gasteiger partial charge in [-0.05, 0) is 65.4 Å². The smallest absolute Gasteiger partial charge is 0.348 e. The number of esters is 1. The summed E-state index contributed by atoms with van der Waals surface area (Å²) >= 11 is 4.80. The Labute approximate surface area is 182 Å². The minimum absolute atomic E-state index is 0.203. The van der Waals surface area contributed by atoms with E-state index in [0.29, 0.717) is 10.6 Å². The molecule has 154 valence electrons. The molecule has 29 heavy (non-hydrogen) atoms. The molecular weight excluding hydrogens is 456 g/mol. The first-order valence-electron chi connectivity index (χ1n) is 9.62. The van der Waals surface area contributed by atoms with Gasteiger partial charge in [0.05, 0.1) is 12.2 Å². The van der Waals surface area contributed by atoms with Crippen molar-refractivity contribution in [3.63, 3.8) is 0 Å². The van der Waals surface area contributed by atoms with Gasteiger partial charge < -0.3 is 15.4 Å². The van der Waals surface area contributed by atoms with E-state index < -0.39 is 18.5 Å². The average molecular weight is 479 g/mol. The van der Waals surface area contributed by atoms with Crippen LogP contribution in [0.1, 0.15) is 45.8 Å². The summed E-state index contributed by atoms with van der Waals surface area (Å²) in [5, 5.41) is 5.14. The van der Waals surface area contributed by atoms with Crippen molar-refractivity contribution in [1.29, 1.82) is 0 Å². The summed E-state index contributed by atoms with van der Waals surface area (Å²) in [4.78, 5) is 37.9. The molecule has 0 fully saturated rings. The van der Waals surface area contributed by atoms with Crippen molar-refractivity contribution in [2.75, 3.05) is 18.5 Å². The van der Waals surface area contributed by atoms with Gasteiger partial charge in [0, 0.05) is 9.35 Å². The number of para-hydroxylation sites is 1. The summed E-state index contributed by atoms with van der Waals surface area (Å²) in [6.07, 6.45) is 6.73. The first-order valence-corrected chi connectivity index (χ1v) is 11.2. The van der Waals surface area contributed by atoms with Crippen molar-refractivity contribution in [3.05, 3.63) is 50.1 Å². The first-order chi connectivity index (χ1) is 14.0. The van der Waals surface area contributed by atoms with Gasteiger partial charge >= 0.3 is 5.97 Å². The number of ether oxygens (including phenoxy) is 1. The van der Waals surface area contributed by atoms with Crippen LogP contribution in [0, 0.1) is 0 Å². The molecule has 1 heterocycles. The van der Waals surface area contributed by atoms with Crippen molar-refractivity contribution >= 4 is 50.7 Å². The first kappa shape index (κ1) is 21.5. The molecule has 2 amide bonds. The zero-order valence-corrected chi connectivity index (χ0v) is 18.4. The number of halogens is 1. The normalized spacial score (nSPS) is 13.6. The molecule has 0 saturated heterocycles. The van der Waals surface area contributed by atoms with E-state index in [1.165, 1.54) is 34.6 Å². The van der Waals surface area contributed by atoms with Gasteiger partial charge in [0.1, 0.15) is 4.88 Å². The molecule has 0 saturated carbocycles. The number of fused-ring (bicyclic) bond motifs is 1. The molecule has 1 aliphatic carbocycles. The van der Waals surface area contributed by atoms with Crippen LogP contribution in [0.2, 0.25) is 0 Å². The Kier molecular flexibility index (Phi) is 7.83. The van der Waals surface area contributed by atoms with E-state index in [4.69, 9.17) is 4.74 Å². The summed E-state index contributed by atoms with van der Waals surface area (Å²) in [5.41, 5.74) is 1.85. The number of hydrogen-bond donors (Lipinski definition) is 2. The van der Waals surface area contributed by atoms with Gasteiger partial charge in [0.2, 0.25) is 5.91 Å². The van der Waals surface area contributed by atoms with Gasteiger partial charge in [-0.3, -0.25) is 9.59 Å². The fraction of sp³-hybridized carbons (Fsp3) is 0.381.